The molecule has 0 saturated carbocycles. The number of ether oxygens (including phenoxy) is 1. The Hall–Kier alpha value is -1.66. The van der Waals surface area contributed by atoms with Crippen LogP contribution in [0.25, 0.3) is 0 Å². The maximum Gasteiger partial charge on any atom is 0.305 e. The summed E-state index contributed by atoms with van der Waals surface area (Å²) in [6, 6.07) is -0.665. The number of aliphatic hydroxyl groups is 2. The summed E-state index contributed by atoms with van der Waals surface area (Å²) in [5, 5.41) is 23.1. The van der Waals surface area contributed by atoms with Crippen molar-refractivity contribution < 1.29 is 24.5 Å². The van der Waals surface area contributed by atoms with Crippen molar-refractivity contribution in [1.82, 2.24) is 5.32 Å². The van der Waals surface area contributed by atoms with Crippen molar-refractivity contribution in [1.29, 1.82) is 0 Å². The van der Waals surface area contributed by atoms with Gasteiger partial charge in [-0.25, -0.2) is 0 Å². The highest BCUT2D eigenvalue weighted by Crippen LogP contribution is 2.16. The average Bonchev–Trinajstić information content (AvgIpc) is 3.26. The predicted octanol–water partition coefficient (Wildman–Crippen LogP) is 16.3. The molecule has 2 unspecified atom stereocenters. The molecule has 0 aromatic heterocycles. The van der Waals surface area contributed by atoms with Crippen molar-refractivity contribution in [3.05, 3.63) is 24.3 Å². The fourth-order valence-corrected chi connectivity index (χ4v) is 8.28. The van der Waals surface area contributed by atoms with Crippen LogP contribution in [0.5, 0.6) is 0 Å². The summed E-state index contributed by atoms with van der Waals surface area (Å²) < 4.78 is 5.45. The standard InChI is InChI=1S/C55H105NO5/c1-3-5-7-9-11-13-15-17-19-21-23-24-26-28-31-35-39-43-47-53(58)52(51-57)56-54(59)48-44-40-36-32-30-34-38-42-46-50-61-55(60)49-45-41-37-33-29-27-25-22-20-18-16-14-12-10-8-6-4-2/h32,36,43,47,52-53,57-58H,3-31,33-35,37-42,44-46,48-51H2,1-2H3,(H,56,59)/b36-32-,47-43+. The monoisotopic (exact) mass is 860 g/mol. The Morgan fingerprint density at radius 1 is 0.443 bits per heavy atom. The van der Waals surface area contributed by atoms with Gasteiger partial charge in [-0.15, -0.1) is 0 Å². The zero-order chi connectivity index (χ0) is 44.4. The lowest BCUT2D eigenvalue weighted by Gasteiger charge is -2.19. The van der Waals surface area contributed by atoms with Crippen LogP contribution in [-0.4, -0.2) is 47.4 Å². The minimum atomic E-state index is -0.875. The van der Waals surface area contributed by atoms with Crippen LogP contribution >= 0.6 is 0 Å². The average molecular weight is 860 g/mol. The molecule has 0 radical (unpaired) electrons. The molecular weight excluding hydrogens is 755 g/mol. The van der Waals surface area contributed by atoms with Gasteiger partial charge in [-0.3, -0.25) is 9.59 Å². The largest absolute Gasteiger partial charge is 0.466 e. The number of nitrogens with one attached hydrogen (secondary N) is 1. The Morgan fingerprint density at radius 2 is 0.787 bits per heavy atom. The first-order valence-electron chi connectivity index (χ1n) is 27.1. The van der Waals surface area contributed by atoms with E-state index in [0.717, 1.165) is 70.6 Å². The second kappa shape index (κ2) is 51.0. The van der Waals surface area contributed by atoms with Crippen LogP contribution in [0.4, 0.5) is 0 Å². The number of allylic oxidation sites excluding steroid dienone is 3. The Balaban J connectivity index is 3.55. The number of aliphatic hydroxyl groups excluding tert-OH is 2. The third-order valence-corrected chi connectivity index (χ3v) is 12.5. The van der Waals surface area contributed by atoms with E-state index >= 15 is 0 Å². The lowest BCUT2D eigenvalue weighted by molar-refractivity contribution is -0.143. The van der Waals surface area contributed by atoms with E-state index < -0.39 is 12.1 Å². The van der Waals surface area contributed by atoms with Crippen LogP contribution in [0.1, 0.15) is 290 Å². The third-order valence-electron chi connectivity index (χ3n) is 12.5. The van der Waals surface area contributed by atoms with Crippen LogP contribution in [0.15, 0.2) is 24.3 Å². The molecule has 0 aliphatic rings. The normalized spacial score (nSPS) is 12.8. The number of hydrogen-bond donors (Lipinski definition) is 3. The fraction of sp³-hybridized carbons (Fsp3) is 0.891. The molecule has 0 aliphatic carbocycles. The maximum atomic E-state index is 12.4. The molecular formula is C55H105NO5. The van der Waals surface area contributed by atoms with Crippen LogP contribution in [0, 0.1) is 0 Å². The van der Waals surface area contributed by atoms with Gasteiger partial charge in [0, 0.05) is 12.8 Å². The molecule has 360 valence electrons. The highest BCUT2D eigenvalue weighted by Gasteiger charge is 2.18. The second-order valence-corrected chi connectivity index (χ2v) is 18.6. The topological polar surface area (TPSA) is 95.9 Å². The maximum absolute atomic E-state index is 12.4. The number of hydrogen-bond acceptors (Lipinski definition) is 5. The predicted molar refractivity (Wildman–Crippen MR) is 264 cm³/mol. The first-order valence-corrected chi connectivity index (χ1v) is 27.1. The molecule has 0 spiro atoms. The second-order valence-electron chi connectivity index (χ2n) is 18.6. The molecule has 61 heavy (non-hydrogen) atoms. The van der Waals surface area contributed by atoms with E-state index in [9.17, 15) is 19.8 Å². The van der Waals surface area contributed by atoms with Gasteiger partial charge in [-0.05, 0) is 51.4 Å². The molecule has 0 aromatic rings. The molecule has 0 fully saturated rings. The van der Waals surface area contributed by atoms with E-state index in [-0.39, 0.29) is 18.5 Å². The van der Waals surface area contributed by atoms with Crippen molar-refractivity contribution >= 4 is 11.9 Å². The molecule has 2 atom stereocenters. The van der Waals surface area contributed by atoms with Crippen molar-refractivity contribution in [2.24, 2.45) is 0 Å². The van der Waals surface area contributed by atoms with Gasteiger partial charge < -0.3 is 20.3 Å². The summed E-state index contributed by atoms with van der Waals surface area (Å²) in [6.45, 7) is 4.83. The molecule has 6 heteroatoms. The third kappa shape index (κ3) is 47.7. The van der Waals surface area contributed by atoms with Crippen molar-refractivity contribution in [3.8, 4) is 0 Å². The molecule has 3 N–H and O–H groups in total. The number of unbranched alkanes of at least 4 members (excludes halogenated alkanes) is 37. The Morgan fingerprint density at radius 3 is 1.20 bits per heavy atom. The molecule has 1 amide bonds. The quantitative estimate of drug-likeness (QED) is 0.0322. The highest BCUT2D eigenvalue weighted by molar-refractivity contribution is 5.76. The summed E-state index contributed by atoms with van der Waals surface area (Å²) in [6.07, 6.45) is 60.5. The summed E-state index contributed by atoms with van der Waals surface area (Å²) in [5.74, 6) is -0.160. The van der Waals surface area contributed by atoms with E-state index in [1.807, 2.05) is 6.08 Å². The van der Waals surface area contributed by atoms with Crippen molar-refractivity contribution in [2.75, 3.05) is 13.2 Å². The van der Waals surface area contributed by atoms with Gasteiger partial charge in [0.05, 0.1) is 25.4 Å². The smallest absolute Gasteiger partial charge is 0.305 e. The Kier molecular flexibility index (Phi) is 49.6. The molecule has 0 heterocycles. The first kappa shape index (κ1) is 59.3. The summed E-state index contributed by atoms with van der Waals surface area (Å²) in [7, 11) is 0. The minimum Gasteiger partial charge on any atom is -0.466 e. The van der Waals surface area contributed by atoms with Gasteiger partial charge in [0.2, 0.25) is 5.91 Å². The van der Waals surface area contributed by atoms with Crippen LogP contribution in [-0.2, 0) is 14.3 Å². The number of carbonyl (C=O) groups is 2. The molecule has 0 aromatic carbocycles. The van der Waals surface area contributed by atoms with Gasteiger partial charge in [0.1, 0.15) is 0 Å². The van der Waals surface area contributed by atoms with E-state index in [1.165, 1.54) is 193 Å². The molecule has 0 rings (SSSR count). The minimum absolute atomic E-state index is 0.0339. The number of carbonyl (C=O) groups excluding carboxylic acids is 2. The Labute approximate surface area is 380 Å². The van der Waals surface area contributed by atoms with Gasteiger partial charge in [0.15, 0.2) is 0 Å². The van der Waals surface area contributed by atoms with Crippen molar-refractivity contribution in [2.45, 2.75) is 302 Å². The summed E-state index contributed by atoms with van der Waals surface area (Å²) >= 11 is 0. The first-order chi connectivity index (χ1) is 30.0. The number of amides is 1. The van der Waals surface area contributed by atoms with E-state index in [2.05, 4.69) is 31.3 Å². The van der Waals surface area contributed by atoms with Gasteiger partial charge >= 0.3 is 5.97 Å². The van der Waals surface area contributed by atoms with E-state index in [4.69, 9.17) is 4.74 Å². The van der Waals surface area contributed by atoms with Crippen LogP contribution in [0.2, 0.25) is 0 Å². The lowest BCUT2D eigenvalue weighted by Crippen LogP contribution is -2.45. The fourth-order valence-electron chi connectivity index (χ4n) is 8.28. The molecule has 0 aliphatic heterocycles. The van der Waals surface area contributed by atoms with E-state index in [1.54, 1.807) is 6.08 Å². The molecule has 6 nitrogen and oxygen atoms in total. The SMILES string of the molecule is CCCCCCCCCCCCCCCCCC/C=C/C(O)C(CO)NC(=O)CCC/C=C\CCCCCCOC(=O)CCCCCCCCCCCCCCCCCCC. The zero-order valence-corrected chi connectivity index (χ0v) is 40.9. The summed E-state index contributed by atoms with van der Waals surface area (Å²) in [5.41, 5.74) is 0. The summed E-state index contributed by atoms with van der Waals surface area (Å²) in [4.78, 5) is 24.5. The van der Waals surface area contributed by atoms with Gasteiger partial charge in [-0.1, -0.05) is 250 Å². The lowest BCUT2D eigenvalue weighted by atomic mass is 10.0. The van der Waals surface area contributed by atoms with E-state index in [0.29, 0.717) is 19.4 Å². The Bertz CT molecular complexity index is 951. The van der Waals surface area contributed by atoms with Crippen LogP contribution in [0.3, 0.4) is 0 Å². The molecule has 0 saturated heterocycles. The van der Waals surface area contributed by atoms with Gasteiger partial charge in [-0.2, -0.15) is 0 Å². The number of esters is 1. The van der Waals surface area contributed by atoms with Crippen molar-refractivity contribution in [3.63, 3.8) is 0 Å². The van der Waals surface area contributed by atoms with Crippen LogP contribution < -0.4 is 5.32 Å². The zero-order valence-electron chi connectivity index (χ0n) is 40.9. The highest BCUT2D eigenvalue weighted by atomic mass is 16.5. The molecule has 0 bridgehead atoms. The van der Waals surface area contributed by atoms with Gasteiger partial charge in [0.25, 0.3) is 0 Å². The number of rotatable bonds is 50.